The molecule has 2 unspecified atom stereocenters. The maximum Gasteiger partial charge on any atom is 0.328 e. The smallest absolute Gasteiger partial charge is 0.328 e. The Bertz CT molecular complexity index is 324. The van der Waals surface area contributed by atoms with Gasteiger partial charge in [0.05, 0.1) is 26.4 Å². The minimum atomic E-state index is -0.693. The molecule has 0 amide bonds. The van der Waals surface area contributed by atoms with E-state index in [4.69, 9.17) is 14.2 Å². The van der Waals surface area contributed by atoms with Crippen LogP contribution in [0.4, 0.5) is 0 Å². The van der Waals surface area contributed by atoms with Crippen molar-refractivity contribution in [3.05, 3.63) is 0 Å². The topological polar surface area (TPSA) is 56.8 Å². The van der Waals surface area contributed by atoms with Gasteiger partial charge >= 0.3 is 5.97 Å². The van der Waals surface area contributed by atoms with Gasteiger partial charge in [-0.25, -0.2) is 4.79 Å². The van der Waals surface area contributed by atoms with Gasteiger partial charge in [-0.15, -0.1) is 0 Å². The molecular formula is C15H27NO4. The molecule has 116 valence electrons. The van der Waals surface area contributed by atoms with Crippen LogP contribution in [0.2, 0.25) is 0 Å². The van der Waals surface area contributed by atoms with Crippen LogP contribution in [0.25, 0.3) is 0 Å². The fourth-order valence-electron chi connectivity index (χ4n) is 2.96. The van der Waals surface area contributed by atoms with Crippen molar-refractivity contribution >= 4 is 5.97 Å². The summed E-state index contributed by atoms with van der Waals surface area (Å²) in [4.78, 5) is 12.3. The van der Waals surface area contributed by atoms with Gasteiger partial charge in [-0.3, -0.25) is 5.32 Å². The molecule has 2 aliphatic rings. The van der Waals surface area contributed by atoms with Gasteiger partial charge in [0.2, 0.25) is 0 Å². The molecule has 1 aliphatic carbocycles. The molecule has 0 aromatic carbocycles. The van der Waals surface area contributed by atoms with Crippen LogP contribution in [-0.2, 0) is 19.0 Å². The largest absolute Gasteiger partial charge is 0.468 e. The van der Waals surface area contributed by atoms with Crippen molar-refractivity contribution < 1.29 is 19.0 Å². The summed E-state index contributed by atoms with van der Waals surface area (Å²) in [5.74, 6) is 0.114. The molecule has 0 aromatic rings. The fourth-order valence-corrected chi connectivity index (χ4v) is 2.96. The van der Waals surface area contributed by atoms with E-state index < -0.39 is 5.54 Å². The molecule has 20 heavy (non-hydrogen) atoms. The first-order valence-corrected chi connectivity index (χ1v) is 7.64. The number of ether oxygens (including phenoxy) is 3. The van der Waals surface area contributed by atoms with Crippen LogP contribution in [0.1, 0.15) is 39.5 Å². The second-order valence-corrected chi connectivity index (χ2v) is 6.19. The van der Waals surface area contributed by atoms with Gasteiger partial charge < -0.3 is 14.2 Å². The molecule has 1 aliphatic heterocycles. The van der Waals surface area contributed by atoms with Gasteiger partial charge in [-0.1, -0.05) is 0 Å². The first-order chi connectivity index (χ1) is 9.58. The molecule has 1 saturated heterocycles. The van der Waals surface area contributed by atoms with Crippen LogP contribution >= 0.6 is 0 Å². The molecule has 1 N–H and O–H groups in total. The molecule has 2 rings (SSSR count). The lowest BCUT2D eigenvalue weighted by atomic mass is 9.93. The van der Waals surface area contributed by atoms with E-state index in [1.165, 1.54) is 7.11 Å². The predicted octanol–water partition coefficient (Wildman–Crippen LogP) is 1.50. The van der Waals surface area contributed by atoms with Crippen molar-refractivity contribution in [3.63, 3.8) is 0 Å². The molecule has 5 nitrogen and oxygen atoms in total. The number of carbonyl (C=O) groups is 1. The van der Waals surface area contributed by atoms with E-state index in [9.17, 15) is 4.79 Å². The van der Waals surface area contributed by atoms with E-state index in [0.29, 0.717) is 19.1 Å². The Labute approximate surface area is 121 Å². The van der Waals surface area contributed by atoms with Crippen LogP contribution in [0.15, 0.2) is 0 Å². The number of rotatable bonds is 8. The van der Waals surface area contributed by atoms with Crippen molar-refractivity contribution in [1.29, 1.82) is 0 Å². The standard InChI is InChI=1S/C15H27NO4/c1-11(2)16-15(12-6-7-12,14(17)18-3)10-19-9-13-5-4-8-20-13/h11-13,16H,4-10H2,1-3H3. The lowest BCUT2D eigenvalue weighted by Gasteiger charge is -2.34. The second-order valence-electron chi connectivity index (χ2n) is 6.19. The number of methoxy groups -OCH3 is 1. The molecule has 1 heterocycles. The van der Waals surface area contributed by atoms with Gasteiger partial charge in [0.25, 0.3) is 0 Å². The third-order valence-corrected chi connectivity index (χ3v) is 4.03. The predicted molar refractivity (Wildman–Crippen MR) is 75.5 cm³/mol. The monoisotopic (exact) mass is 285 g/mol. The quantitative estimate of drug-likeness (QED) is 0.685. The first kappa shape index (κ1) is 15.7. The minimum Gasteiger partial charge on any atom is -0.468 e. The highest BCUT2D eigenvalue weighted by Crippen LogP contribution is 2.41. The molecular weight excluding hydrogens is 258 g/mol. The summed E-state index contributed by atoms with van der Waals surface area (Å²) < 4.78 is 16.4. The summed E-state index contributed by atoms with van der Waals surface area (Å²) in [6.07, 6.45) is 4.44. The maximum atomic E-state index is 12.3. The van der Waals surface area contributed by atoms with Crippen LogP contribution in [0, 0.1) is 5.92 Å². The van der Waals surface area contributed by atoms with Gasteiger partial charge in [0, 0.05) is 12.6 Å². The summed E-state index contributed by atoms with van der Waals surface area (Å²) in [5.41, 5.74) is -0.693. The van der Waals surface area contributed by atoms with Crippen molar-refractivity contribution in [1.82, 2.24) is 5.32 Å². The summed E-state index contributed by atoms with van der Waals surface area (Å²) in [5, 5.41) is 3.39. The number of hydrogen-bond acceptors (Lipinski definition) is 5. The minimum absolute atomic E-state index is 0.184. The third-order valence-electron chi connectivity index (χ3n) is 4.03. The summed E-state index contributed by atoms with van der Waals surface area (Å²) in [6, 6.07) is 0.209. The Morgan fingerprint density at radius 1 is 1.40 bits per heavy atom. The fraction of sp³-hybridized carbons (Fsp3) is 0.933. The van der Waals surface area contributed by atoms with Gasteiger partial charge in [0.1, 0.15) is 5.54 Å². The second kappa shape index (κ2) is 6.87. The summed E-state index contributed by atoms with van der Waals surface area (Å²) in [6.45, 7) is 5.83. The van der Waals surface area contributed by atoms with Gasteiger partial charge in [-0.05, 0) is 45.4 Å². The Balaban J connectivity index is 1.94. The van der Waals surface area contributed by atoms with Crippen LogP contribution < -0.4 is 5.32 Å². The molecule has 2 atom stereocenters. The Morgan fingerprint density at radius 2 is 2.15 bits per heavy atom. The van der Waals surface area contributed by atoms with E-state index in [0.717, 1.165) is 32.3 Å². The van der Waals surface area contributed by atoms with E-state index in [2.05, 4.69) is 5.32 Å². The maximum absolute atomic E-state index is 12.3. The molecule has 0 spiro atoms. The Hall–Kier alpha value is -0.650. The lowest BCUT2D eigenvalue weighted by molar-refractivity contribution is -0.154. The Kier molecular flexibility index (Phi) is 5.41. The van der Waals surface area contributed by atoms with Crippen molar-refractivity contribution in [2.75, 3.05) is 26.9 Å². The van der Waals surface area contributed by atoms with Gasteiger partial charge in [0.15, 0.2) is 0 Å². The number of carbonyl (C=O) groups excluding carboxylic acids is 1. The highest BCUT2D eigenvalue weighted by atomic mass is 16.5. The van der Waals surface area contributed by atoms with Crippen molar-refractivity contribution in [2.24, 2.45) is 5.92 Å². The first-order valence-electron chi connectivity index (χ1n) is 7.64. The molecule has 0 bridgehead atoms. The van der Waals surface area contributed by atoms with E-state index in [1.54, 1.807) is 0 Å². The van der Waals surface area contributed by atoms with E-state index in [-0.39, 0.29) is 18.1 Å². The zero-order valence-electron chi connectivity index (χ0n) is 12.8. The number of esters is 1. The van der Waals surface area contributed by atoms with Crippen molar-refractivity contribution in [2.45, 2.75) is 57.2 Å². The zero-order chi connectivity index (χ0) is 14.6. The molecule has 5 heteroatoms. The number of hydrogen-bond donors (Lipinski definition) is 1. The van der Waals surface area contributed by atoms with Crippen LogP contribution in [0.3, 0.4) is 0 Å². The SMILES string of the molecule is COC(=O)C(COCC1CCCO1)(NC(C)C)C1CC1. The van der Waals surface area contributed by atoms with Crippen LogP contribution in [0.5, 0.6) is 0 Å². The molecule has 1 saturated carbocycles. The number of nitrogens with one attached hydrogen (secondary N) is 1. The van der Waals surface area contributed by atoms with E-state index in [1.807, 2.05) is 13.8 Å². The average Bonchev–Trinajstić information content (AvgIpc) is 3.15. The van der Waals surface area contributed by atoms with Gasteiger partial charge in [-0.2, -0.15) is 0 Å². The summed E-state index contributed by atoms with van der Waals surface area (Å²) in [7, 11) is 1.45. The average molecular weight is 285 g/mol. The molecule has 0 radical (unpaired) electrons. The normalized spacial score (nSPS) is 25.7. The van der Waals surface area contributed by atoms with E-state index >= 15 is 0 Å². The van der Waals surface area contributed by atoms with Crippen LogP contribution in [-0.4, -0.2) is 50.6 Å². The summed E-state index contributed by atoms with van der Waals surface area (Å²) >= 11 is 0. The molecule has 0 aromatic heterocycles. The molecule has 2 fully saturated rings. The Morgan fingerprint density at radius 3 is 2.65 bits per heavy atom. The lowest BCUT2D eigenvalue weighted by Crippen LogP contribution is -2.60. The third kappa shape index (κ3) is 3.71. The zero-order valence-corrected chi connectivity index (χ0v) is 12.8. The van der Waals surface area contributed by atoms with Crippen molar-refractivity contribution in [3.8, 4) is 0 Å². The highest BCUT2D eigenvalue weighted by Gasteiger charge is 2.52. The highest BCUT2D eigenvalue weighted by molar-refractivity contribution is 5.82.